The molecule has 10 heteroatoms. The molecule has 2 aromatic rings. The van der Waals surface area contributed by atoms with E-state index in [4.69, 9.17) is 0 Å². The number of sulfone groups is 1. The number of nitrogens with one attached hydrogen (secondary N) is 1. The summed E-state index contributed by atoms with van der Waals surface area (Å²) in [5.41, 5.74) is -0.807. The van der Waals surface area contributed by atoms with Crippen molar-refractivity contribution in [1.82, 2.24) is 25.1 Å². The molecule has 1 aliphatic rings. The van der Waals surface area contributed by atoms with Crippen LogP contribution in [-0.2, 0) is 21.2 Å². The minimum absolute atomic E-state index is 0.0495. The van der Waals surface area contributed by atoms with E-state index in [9.17, 15) is 18.0 Å². The summed E-state index contributed by atoms with van der Waals surface area (Å²) in [6.07, 6.45) is 0.354. The van der Waals surface area contributed by atoms with Crippen molar-refractivity contribution in [1.29, 1.82) is 0 Å². The molecule has 0 aliphatic carbocycles. The molecule has 1 fully saturated rings. The number of rotatable bonds is 4. The number of carbonyl (C=O) groups is 1. The summed E-state index contributed by atoms with van der Waals surface area (Å²) < 4.78 is 25.2. The molecular weight excluding hydrogens is 334 g/mol. The van der Waals surface area contributed by atoms with Gasteiger partial charge in [-0.05, 0) is 35.9 Å². The van der Waals surface area contributed by atoms with Gasteiger partial charge >= 0.3 is 5.69 Å². The van der Waals surface area contributed by atoms with Crippen molar-refractivity contribution in [2.24, 2.45) is 0 Å². The molecule has 1 amide bonds. The second-order valence-electron chi connectivity index (χ2n) is 6.12. The largest absolute Gasteiger partial charge is 0.368 e. The van der Waals surface area contributed by atoms with E-state index >= 15 is 0 Å². The van der Waals surface area contributed by atoms with Crippen molar-refractivity contribution in [3.8, 4) is 5.69 Å². The Balaban J connectivity index is 1.72. The lowest BCUT2D eigenvalue weighted by Crippen LogP contribution is -2.48. The van der Waals surface area contributed by atoms with Crippen LogP contribution in [0, 0.1) is 0 Å². The van der Waals surface area contributed by atoms with Gasteiger partial charge in [0.2, 0.25) is 5.91 Å². The van der Waals surface area contributed by atoms with Gasteiger partial charge in [0, 0.05) is 0 Å². The first kappa shape index (κ1) is 16.4. The number of amides is 1. The summed E-state index contributed by atoms with van der Waals surface area (Å²) in [6.45, 7) is 1.36. The predicted molar refractivity (Wildman–Crippen MR) is 85.4 cm³/mol. The molecule has 1 unspecified atom stereocenters. The highest BCUT2D eigenvalue weighted by Crippen LogP contribution is 2.22. The van der Waals surface area contributed by atoms with E-state index < -0.39 is 27.0 Å². The fraction of sp³-hybridized carbons (Fsp3) is 0.429. The van der Waals surface area contributed by atoms with Gasteiger partial charge in [0.25, 0.3) is 0 Å². The van der Waals surface area contributed by atoms with Crippen LogP contribution >= 0.6 is 0 Å². The molecule has 3 rings (SSSR count). The van der Waals surface area contributed by atoms with Gasteiger partial charge in [-0.25, -0.2) is 13.2 Å². The molecule has 24 heavy (non-hydrogen) atoms. The molecule has 1 aliphatic heterocycles. The quantitative estimate of drug-likeness (QED) is 0.765. The van der Waals surface area contributed by atoms with Gasteiger partial charge in [-0.1, -0.05) is 18.2 Å². The van der Waals surface area contributed by atoms with Gasteiger partial charge in [-0.2, -0.15) is 9.36 Å². The standard InChI is InChI=1S/C14H17N5O4S/c1-14(7-8-24(22,23)10-14)15-12(20)9-18-13(21)19(17-16-18)11-5-3-2-4-6-11/h2-6H,7-10H2,1H3,(H,15,20). The molecule has 1 saturated heterocycles. The van der Waals surface area contributed by atoms with E-state index in [0.717, 1.165) is 9.36 Å². The van der Waals surface area contributed by atoms with E-state index in [0.29, 0.717) is 12.1 Å². The highest BCUT2D eigenvalue weighted by atomic mass is 32.2. The van der Waals surface area contributed by atoms with Gasteiger partial charge in [-0.3, -0.25) is 4.79 Å². The molecule has 0 saturated carbocycles. The molecule has 1 atom stereocenters. The topological polar surface area (TPSA) is 116 Å². The molecular formula is C14H17N5O4S. The van der Waals surface area contributed by atoms with Gasteiger partial charge in [0.15, 0.2) is 9.84 Å². The third-order valence-electron chi connectivity index (χ3n) is 3.88. The van der Waals surface area contributed by atoms with Crippen molar-refractivity contribution in [2.45, 2.75) is 25.4 Å². The van der Waals surface area contributed by atoms with Crippen molar-refractivity contribution >= 4 is 15.7 Å². The first-order valence-corrected chi connectivity index (χ1v) is 9.20. The van der Waals surface area contributed by atoms with Crippen LogP contribution in [0.1, 0.15) is 13.3 Å². The molecule has 1 aromatic heterocycles. The van der Waals surface area contributed by atoms with Crippen LogP contribution in [0.5, 0.6) is 0 Å². The molecule has 0 radical (unpaired) electrons. The lowest BCUT2D eigenvalue weighted by Gasteiger charge is -2.23. The molecule has 128 valence electrons. The van der Waals surface area contributed by atoms with Crippen molar-refractivity contribution in [3.63, 3.8) is 0 Å². The molecule has 0 bridgehead atoms. The first-order chi connectivity index (χ1) is 11.3. The average molecular weight is 351 g/mol. The summed E-state index contributed by atoms with van der Waals surface area (Å²) in [7, 11) is -3.13. The fourth-order valence-corrected chi connectivity index (χ4v) is 4.82. The Bertz CT molecular complexity index is 918. The molecule has 2 heterocycles. The number of hydrogen-bond acceptors (Lipinski definition) is 6. The van der Waals surface area contributed by atoms with Crippen LogP contribution in [0.4, 0.5) is 0 Å². The SMILES string of the molecule is CC1(NC(=O)Cn2nnn(-c3ccccc3)c2=O)CCS(=O)(=O)C1. The summed E-state index contributed by atoms with van der Waals surface area (Å²) in [5.74, 6) is -0.526. The molecule has 1 N–H and O–H groups in total. The second kappa shape index (κ2) is 5.86. The van der Waals surface area contributed by atoms with Gasteiger partial charge in [0.1, 0.15) is 6.54 Å². The maximum absolute atomic E-state index is 12.3. The number of nitrogens with zero attached hydrogens (tertiary/aromatic N) is 4. The monoisotopic (exact) mass is 351 g/mol. The predicted octanol–water partition coefficient (Wildman–Crippen LogP) is -0.878. The Morgan fingerprint density at radius 1 is 1.29 bits per heavy atom. The van der Waals surface area contributed by atoms with E-state index in [1.807, 2.05) is 6.07 Å². The Hall–Kier alpha value is -2.49. The number of carbonyl (C=O) groups excluding carboxylic acids is 1. The Kier molecular flexibility index (Phi) is 3.99. The van der Waals surface area contributed by atoms with Crippen LogP contribution in [-0.4, -0.2) is 51.2 Å². The highest BCUT2D eigenvalue weighted by molar-refractivity contribution is 7.91. The maximum Gasteiger partial charge on any atom is 0.368 e. The van der Waals surface area contributed by atoms with E-state index in [1.165, 1.54) is 0 Å². The van der Waals surface area contributed by atoms with Crippen LogP contribution in [0.25, 0.3) is 5.69 Å². The molecule has 0 spiro atoms. The number of para-hydroxylation sites is 1. The highest BCUT2D eigenvalue weighted by Gasteiger charge is 2.39. The zero-order chi connectivity index (χ0) is 17.4. The summed E-state index contributed by atoms with van der Waals surface area (Å²) in [4.78, 5) is 24.4. The van der Waals surface area contributed by atoms with Gasteiger partial charge in [0.05, 0.1) is 22.7 Å². The number of aromatic nitrogens is 4. The summed E-state index contributed by atoms with van der Waals surface area (Å²) in [5, 5.41) is 10.1. The minimum atomic E-state index is -3.13. The number of hydrogen-bond donors (Lipinski definition) is 1. The van der Waals surface area contributed by atoms with Gasteiger partial charge < -0.3 is 5.32 Å². The normalized spacial score (nSPS) is 22.4. The number of tetrazole rings is 1. The third kappa shape index (κ3) is 3.37. The maximum atomic E-state index is 12.3. The Morgan fingerprint density at radius 2 is 2.00 bits per heavy atom. The zero-order valence-electron chi connectivity index (χ0n) is 13.0. The van der Waals surface area contributed by atoms with Crippen molar-refractivity contribution < 1.29 is 13.2 Å². The van der Waals surface area contributed by atoms with E-state index in [1.54, 1.807) is 31.2 Å². The smallest absolute Gasteiger partial charge is 0.348 e. The van der Waals surface area contributed by atoms with Crippen molar-refractivity contribution in [2.75, 3.05) is 11.5 Å². The van der Waals surface area contributed by atoms with Crippen LogP contribution < -0.4 is 11.0 Å². The summed E-state index contributed by atoms with van der Waals surface area (Å²) in [6, 6.07) is 8.72. The zero-order valence-corrected chi connectivity index (χ0v) is 13.9. The second-order valence-corrected chi connectivity index (χ2v) is 8.30. The number of benzene rings is 1. The lowest BCUT2D eigenvalue weighted by atomic mass is 10.0. The van der Waals surface area contributed by atoms with E-state index in [2.05, 4.69) is 15.7 Å². The lowest BCUT2D eigenvalue weighted by molar-refractivity contribution is -0.123. The summed E-state index contributed by atoms with van der Waals surface area (Å²) >= 11 is 0. The Labute approximate surface area is 138 Å². The van der Waals surface area contributed by atoms with Crippen LogP contribution in [0.3, 0.4) is 0 Å². The fourth-order valence-electron chi connectivity index (χ4n) is 2.73. The Morgan fingerprint density at radius 3 is 2.62 bits per heavy atom. The minimum Gasteiger partial charge on any atom is -0.348 e. The third-order valence-corrected chi connectivity index (χ3v) is 5.78. The first-order valence-electron chi connectivity index (χ1n) is 7.38. The molecule has 9 nitrogen and oxygen atoms in total. The van der Waals surface area contributed by atoms with E-state index in [-0.39, 0.29) is 18.1 Å². The van der Waals surface area contributed by atoms with Gasteiger partial charge in [-0.15, -0.1) is 0 Å². The molecule has 1 aromatic carbocycles. The van der Waals surface area contributed by atoms with Crippen LogP contribution in [0.15, 0.2) is 35.1 Å². The van der Waals surface area contributed by atoms with Crippen LogP contribution in [0.2, 0.25) is 0 Å². The van der Waals surface area contributed by atoms with Crippen molar-refractivity contribution in [3.05, 3.63) is 40.8 Å². The average Bonchev–Trinajstić information content (AvgIpc) is 3.00.